The lowest BCUT2D eigenvalue weighted by atomic mass is 9.92. The fourth-order valence-electron chi connectivity index (χ4n) is 3.22. The molecule has 2 aromatic rings. The van der Waals surface area contributed by atoms with Crippen molar-refractivity contribution >= 4 is 17.5 Å². The Morgan fingerprint density at radius 3 is 2.53 bits per heavy atom. The smallest absolute Gasteiger partial charge is 0.267 e. The maximum absolute atomic E-state index is 13.1. The third-order valence-electron chi connectivity index (χ3n) is 5.09. The number of aliphatic hydroxyl groups is 1. The number of halogens is 2. The molecular formula is C22H25F2N3O5. The normalized spacial score (nSPS) is 24.0. The molecule has 8 nitrogen and oxygen atoms in total. The van der Waals surface area contributed by atoms with Gasteiger partial charge in [0.25, 0.3) is 11.8 Å². The number of nitrogens with zero attached hydrogens (tertiary/aromatic N) is 1. The highest BCUT2D eigenvalue weighted by Gasteiger charge is 2.30. The van der Waals surface area contributed by atoms with Crippen molar-refractivity contribution in [2.45, 2.75) is 57.0 Å². The molecule has 0 bridgehead atoms. The molecule has 1 aliphatic heterocycles. The fourth-order valence-corrected chi connectivity index (χ4v) is 3.22. The van der Waals surface area contributed by atoms with Crippen LogP contribution < -0.4 is 15.8 Å². The van der Waals surface area contributed by atoms with Crippen LogP contribution in [0.1, 0.15) is 43.1 Å². The molecule has 10 heteroatoms. The summed E-state index contributed by atoms with van der Waals surface area (Å²) in [5, 5.41) is 11.7. The van der Waals surface area contributed by atoms with Crippen molar-refractivity contribution in [1.82, 2.24) is 4.98 Å². The molecule has 2 atom stereocenters. The molecule has 4 N–H and O–H groups in total. The minimum Gasteiger partial charge on any atom is -0.487 e. The maximum atomic E-state index is 13.1. The van der Waals surface area contributed by atoms with E-state index < -0.39 is 23.6 Å². The molecule has 1 aromatic heterocycles. The van der Waals surface area contributed by atoms with Crippen LogP contribution in [0, 0.1) is 11.6 Å². The zero-order valence-corrected chi connectivity index (χ0v) is 17.5. The lowest BCUT2D eigenvalue weighted by Gasteiger charge is -2.31. The van der Waals surface area contributed by atoms with Crippen molar-refractivity contribution in [2.75, 3.05) is 5.32 Å². The number of benzene rings is 1. The molecule has 0 spiro atoms. The summed E-state index contributed by atoms with van der Waals surface area (Å²) in [6, 6.07) is 6.86. The average Bonchev–Trinajstić information content (AvgIpc) is 3.17. The van der Waals surface area contributed by atoms with E-state index >= 15 is 0 Å². The second-order valence-corrected chi connectivity index (χ2v) is 7.72. The Morgan fingerprint density at radius 2 is 1.97 bits per heavy atom. The van der Waals surface area contributed by atoms with Crippen LogP contribution in [-0.4, -0.2) is 46.3 Å². The van der Waals surface area contributed by atoms with Gasteiger partial charge >= 0.3 is 0 Å². The Kier molecular flexibility index (Phi) is 7.70. The molecule has 172 valence electrons. The van der Waals surface area contributed by atoms with E-state index in [4.69, 9.17) is 20.3 Å². The molecule has 2 amide bonds. The van der Waals surface area contributed by atoms with E-state index in [-0.39, 0.29) is 35.7 Å². The monoisotopic (exact) mass is 449 g/mol. The minimum atomic E-state index is -0.964. The Balaban J connectivity index is 0.000000186. The number of carbonyl (C=O) groups excluding carboxylic acids is 2. The SMILES string of the molecule is CC1CCC(C(=O)Nc2ccc(C(N)=O)nc2)O1.OC1CC(Oc2cccc(F)c2F)C1. The second kappa shape index (κ2) is 10.5. The van der Waals surface area contributed by atoms with Gasteiger partial charge in [0.15, 0.2) is 11.6 Å². The number of ether oxygens (including phenoxy) is 2. The summed E-state index contributed by atoms with van der Waals surface area (Å²) in [6.45, 7) is 1.94. The van der Waals surface area contributed by atoms with Gasteiger partial charge in [0.1, 0.15) is 17.9 Å². The number of nitrogens with one attached hydrogen (secondary N) is 1. The van der Waals surface area contributed by atoms with Crippen LogP contribution >= 0.6 is 0 Å². The molecule has 2 aliphatic rings. The van der Waals surface area contributed by atoms with Crippen molar-refractivity contribution in [3.63, 3.8) is 0 Å². The van der Waals surface area contributed by atoms with E-state index in [2.05, 4.69) is 10.3 Å². The number of rotatable bonds is 5. The van der Waals surface area contributed by atoms with Gasteiger partial charge in [0, 0.05) is 12.8 Å². The van der Waals surface area contributed by atoms with Crippen LogP contribution in [0.25, 0.3) is 0 Å². The summed E-state index contributed by atoms with van der Waals surface area (Å²) < 4.78 is 36.4. The highest BCUT2D eigenvalue weighted by molar-refractivity contribution is 5.95. The van der Waals surface area contributed by atoms with E-state index in [0.717, 1.165) is 18.9 Å². The first kappa shape index (κ1) is 23.6. The van der Waals surface area contributed by atoms with Crippen LogP contribution in [0.5, 0.6) is 5.75 Å². The third-order valence-corrected chi connectivity index (χ3v) is 5.09. The highest BCUT2D eigenvalue weighted by atomic mass is 19.2. The van der Waals surface area contributed by atoms with Gasteiger partial charge in [-0.1, -0.05) is 6.07 Å². The number of pyridine rings is 1. The first-order chi connectivity index (χ1) is 15.2. The molecule has 1 aromatic carbocycles. The summed E-state index contributed by atoms with van der Waals surface area (Å²) >= 11 is 0. The first-order valence-corrected chi connectivity index (χ1v) is 10.2. The number of aromatic nitrogens is 1. The summed E-state index contributed by atoms with van der Waals surface area (Å²) in [6.07, 6.45) is 3.13. The van der Waals surface area contributed by atoms with Gasteiger partial charge in [-0.2, -0.15) is 4.39 Å². The fraction of sp³-hybridized carbons (Fsp3) is 0.409. The highest BCUT2D eigenvalue weighted by Crippen LogP contribution is 2.28. The van der Waals surface area contributed by atoms with Crippen LogP contribution in [0.2, 0.25) is 0 Å². The molecule has 2 unspecified atom stereocenters. The molecule has 1 saturated heterocycles. The van der Waals surface area contributed by atoms with Crippen LogP contribution in [0.15, 0.2) is 36.5 Å². The van der Waals surface area contributed by atoms with Crippen LogP contribution in [-0.2, 0) is 9.53 Å². The molecular weight excluding hydrogens is 424 g/mol. The largest absolute Gasteiger partial charge is 0.487 e. The number of aliphatic hydroxyl groups excluding tert-OH is 1. The van der Waals surface area contributed by atoms with Gasteiger partial charge in [-0.25, -0.2) is 9.37 Å². The van der Waals surface area contributed by atoms with E-state index in [1.54, 1.807) is 6.07 Å². The zero-order chi connectivity index (χ0) is 23.3. The van der Waals surface area contributed by atoms with E-state index in [1.165, 1.54) is 24.4 Å². The Bertz CT molecular complexity index is 951. The topological polar surface area (TPSA) is 124 Å². The van der Waals surface area contributed by atoms with Gasteiger partial charge in [0.2, 0.25) is 5.82 Å². The van der Waals surface area contributed by atoms with Crippen molar-refractivity contribution in [3.05, 3.63) is 53.9 Å². The molecule has 2 fully saturated rings. The maximum Gasteiger partial charge on any atom is 0.267 e. The third kappa shape index (κ3) is 6.21. The van der Waals surface area contributed by atoms with Crippen molar-refractivity contribution in [2.24, 2.45) is 5.73 Å². The van der Waals surface area contributed by atoms with E-state index in [9.17, 15) is 18.4 Å². The van der Waals surface area contributed by atoms with Gasteiger partial charge in [-0.3, -0.25) is 9.59 Å². The Labute approximate surface area is 183 Å². The predicted molar refractivity (Wildman–Crippen MR) is 111 cm³/mol. The van der Waals surface area contributed by atoms with Crippen LogP contribution in [0.3, 0.4) is 0 Å². The number of nitrogens with two attached hydrogens (primary N) is 1. The molecule has 1 saturated carbocycles. The van der Waals surface area contributed by atoms with Crippen LogP contribution in [0.4, 0.5) is 14.5 Å². The number of hydrogen-bond acceptors (Lipinski definition) is 6. The first-order valence-electron chi connectivity index (χ1n) is 10.2. The number of anilines is 1. The standard InChI is InChI=1S/C12H15N3O3.C10H10F2O2/c1-7-2-5-10(18-7)12(17)15-8-3-4-9(11(13)16)14-6-8;11-8-2-1-3-9(10(8)12)14-7-4-6(13)5-7/h3-4,6-7,10H,2,5H2,1H3,(H2,13,16)(H,15,17);1-3,6-7,13H,4-5H2. The number of carbonyl (C=O) groups is 2. The molecule has 0 radical (unpaired) electrons. The molecule has 4 rings (SSSR count). The molecule has 2 heterocycles. The van der Waals surface area contributed by atoms with Gasteiger partial charge in [-0.05, 0) is 44.0 Å². The lowest BCUT2D eigenvalue weighted by molar-refractivity contribution is -0.126. The summed E-state index contributed by atoms with van der Waals surface area (Å²) in [7, 11) is 0. The van der Waals surface area contributed by atoms with Gasteiger partial charge < -0.3 is 25.6 Å². The van der Waals surface area contributed by atoms with Crippen molar-refractivity contribution < 1.29 is 33.0 Å². The Morgan fingerprint density at radius 1 is 1.22 bits per heavy atom. The van der Waals surface area contributed by atoms with Crippen molar-refractivity contribution in [3.8, 4) is 5.75 Å². The lowest BCUT2D eigenvalue weighted by Crippen LogP contribution is -2.37. The summed E-state index contributed by atoms with van der Waals surface area (Å²) in [5.74, 6) is -2.74. The van der Waals surface area contributed by atoms with Gasteiger partial charge in [0.05, 0.1) is 24.1 Å². The van der Waals surface area contributed by atoms with E-state index in [1.807, 2.05) is 6.92 Å². The number of hydrogen-bond donors (Lipinski definition) is 3. The molecule has 32 heavy (non-hydrogen) atoms. The second-order valence-electron chi connectivity index (χ2n) is 7.72. The summed E-state index contributed by atoms with van der Waals surface area (Å²) in [5.41, 5.74) is 5.76. The number of primary amides is 1. The van der Waals surface area contributed by atoms with E-state index in [0.29, 0.717) is 18.5 Å². The average molecular weight is 449 g/mol. The zero-order valence-electron chi connectivity index (χ0n) is 17.5. The van der Waals surface area contributed by atoms with Gasteiger partial charge in [-0.15, -0.1) is 0 Å². The predicted octanol–water partition coefficient (Wildman–Crippen LogP) is 2.55. The van der Waals surface area contributed by atoms with Crippen molar-refractivity contribution in [1.29, 1.82) is 0 Å². The Hall–Kier alpha value is -3.11. The number of amides is 2. The summed E-state index contributed by atoms with van der Waals surface area (Å²) in [4.78, 5) is 26.5. The quantitative estimate of drug-likeness (QED) is 0.645. The molecule has 1 aliphatic carbocycles. The minimum absolute atomic E-state index is 0.0816.